The van der Waals surface area contributed by atoms with E-state index in [1.54, 1.807) is 12.1 Å². The predicted molar refractivity (Wildman–Crippen MR) is 119 cm³/mol. The summed E-state index contributed by atoms with van der Waals surface area (Å²) in [6.45, 7) is 7.49. The van der Waals surface area contributed by atoms with E-state index in [1.165, 1.54) is 23.8 Å². The van der Waals surface area contributed by atoms with Gasteiger partial charge in [0, 0.05) is 49.9 Å². The van der Waals surface area contributed by atoms with E-state index >= 15 is 0 Å². The SMILES string of the molecule is C=CCNS(=O)(=O)c1ccc(C(=O)N2CCCN(Cc3ccc(Cl)cc3)CC2)cc1. The van der Waals surface area contributed by atoms with Crippen LogP contribution in [0.5, 0.6) is 0 Å². The zero-order valence-electron chi connectivity index (χ0n) is 16.8. The molecule has 0 saturated carbocycles. The first-order valence-corrected chi connectivity index (χ1v) is 11.7. The summed E-state index contributed by atoms with van der Waals surface area (Å²) in [6, 6.07) is 13.9. The van der Waals surface area contributed by atoms with Crippen LogP contribution in [-0.2, 0) is 16.6 Å². The molecule has 0 aromatic heterocycles. The Labute approximate surface area is 183 Å². The second kappa shape index (κ2) is 10.2. The summed E-state index contributed by atoms with van der Waals surface area (Å²) in [7, 11) is -3.60. The van der Waals surface area contributed by atoms with E-state index in [0.29, 0.717) is 18.7 Å². The predicted octanol–water partition coefficient (Wildman–Crippen LogP) is 3.15. The number of nitrogens with zero attached hydrogens (tertiary/aromatic N) is 2. The minimum atomic E-state index is -3.60. The van der Waals surface area contributed by atoms with Crippen molar-refractivity contribution in [3.8, 4) is 0 Å². The van der Waals surface area contributed by atoms with Crippen molar-refractivity contribution in [2.45, 2.75) is 17.9 Å². The summed E-state index contributed by atoms with van der Waals surface area (Å²) >= 11 is 5.95. The largest absolute Gasteiger partial charge is 0.337 e. The number of nitrogens with one attached hydrogen (secondary N) is 1. The van der Waals surface area contributed by atoms with Crippen molar-refractivity contribution < 1.29 is 13.2 Å². The number of amides is 1. The quantitative estimate of drug-likeness (QED) is 0.662. The Hall–Kier alpha value is -2.19. The lowest BCUT2D eigenvalue weighted by Gasteiger charge is -2.22. The molecule has 0 spiro atoms. The van der Waals surface area contributed by atoms with Crippen LogP contribution in [0, 0.1) is 0 Å². The first-order valence-electron chi connectivity index (χ1n) is 9.86. The first kappa shape index (κ1) is 22.5. The fourth-order valence-corrected chi connectivity index (χ4v) is 4.52. The molecule has 1 aliphatic heterocycles. The molecule has 30 heavy (non-hydrogen) atoms. The molecule has 2 aromatic rings. The van der Waals surface area contributed by atoms with Gasteiger partial charge in [0.25, 0.3) is 5.91 Å². The molecule has 0 unspecified atom stereocenters. The van der Waals surface area contributed by atoms with E-state index < -0.39 is 10.0 Å². The van der Waals surface area contributed by atoms with Crippen molar-refractivity contribution in [3.63, 3.8) is 0 Å². The van der Waals surface area contributed by atoms with E-state index in [1.807, 2.05) is 29.2 Å². The summed E-state index contributed by atoms with van der Waals surface area (Å²) < 4.78 is 26.7. The summed E-state index contributed by atoms with van der Waals surface area (Å²) in [5.74, 6) is -0.0775. The highest BCUT2D eigenvalue weighted by molar-refractivity contribution is 7.89. The van der Waals surface area contributed by atoms with Crippen LogP contribution in [0.1, 0.15) is 22.3 Å². The molecule has 1 saturated heterocycles. The van der Waals surface area contributed by atoms with E-state index in [0.717, 1.165) is 31.1 Å². The lowest BCUT2D eigenvalue weighted by Crippen LogP contribution is -2.35. The van der Waals surface area contributed by atoms with Crippen LogP contribution >= 0.6 is 11.6 Å². The molecule has 1 amide bonds. The molecule has 1 aliphatic rings. The Balaban J connectivity index is 1.60. The van der Waals surface area contributed by atoms with Crippen LogP contribution in [-0.4, -0.2) is 56.8 Å². The number of benzene rings is 2. The molecule has 0 radical (unpaired) electrons. The van der Waals surface area contributed by atoms with Crippen LogP contribution in [0.25, 0.3) is 0 Å². The van der Waals surface area contributed by atoms with E-state index in [4.69, 9.17) is 11.6 Å². The standard InChI is InChI=1S/C22H26ClN3O3S/c1-2-12-24-30(28,29)21-10-6-19(7-11-21)22(27)26-14-3-13-25(15-16-26)17-18-4-8-20(23)9-5-18/h2,4-11,24H,1,3,12-17H2. The zero-order chi connectivity index (χ0) is 21.6. The fourth-order valence-electron chi connectivity index (χ4n) is 3.39. The Morgan fingerprint density at radius 3 is 2.40 bits per heavy atom. The Morgan fingerprint density at radius 2 is 1.73 bits per heavy atom. The van der Waals surface area contributed by atoms with Crippen LogP contribution in [0.15, 0.2) is 66.1 Å². The van der Waals surface area contributed by atoms with Gasteiger partial charge in [-0.2, -0.15) is 0 Å². The molecule has 1 heterocycles. The van der Waals surface area contributed by atoms with Gasteiger partial charge in [-0.05, 0) is 48.4 Å². The second-order valence-corrected chi connectivity index (χ2v) is 9.42. The van der Waals surface area contributed by atoms with Crippen LogP contribution in [0.2, 0.25) is 5.02 Å². The molecular formula is C22H26ClN3O3S. The number of carbonyl (C=O) groups excluding carboxylic acids is 1. The van der Waals surface area contributed by atoms with Crippen LogP contribution < -0.4 is 4.72 Å². The topological polar surface area (TPSA) is 69.7 Å². The van der Waals surface area contributed by atoms with Crippen molar-refractivity contribution in [2.24, 2.45) is 0 Å². The van der Waals surface area contributed by atoms with Gasteiger partial charge in [0.05, 0.1) is 4.90 Å². The highest BCUT2D eigenvalue weighted by Crippen LogP contribution is 2.16. The van der Waals surface area contributed by atoms with Gasteiger partial charge in [-0.3, -0.25) is 9.69 Å². The maximum absolute atomic E-state index is 12.9. The molecule has 3 rings (SSSR count). The number of hydrogen-bond donors (Lipinski definition) is 1. The molecule has 0 bridgehead atoms. The molecule has 1 N–H and O–H groups in total. The first-order chi connectivity index (χ1) is 14.4. The summed E-state index contributed by atoms with van der Waals surface area (Å²) in [5, 5.41) is 0.724. The third-order valence-electron chi connectivity index (χ3n) is 5.02. The van der Waals surface area contributed by atoms with Crippen molar-refractivity contribution in [1.82, 2.24) is 14.5 Å². The molecule has 2 aromatic carbocycles. The molecule has 8 heteroatoms. The average molecular weight is 448 g/mol. The Bertz CT molecular complexity index is 976. The lowest BCUT2D eigenvalue weighted by atomic mass is 10.2. The molecule has 0 atom stereocenters. The van der Waals surface area contributed by atoms with Gasteiger partial charge >= 0.3 is 0 Å². The number of halogens is 1. The van der Waals surface area contributed by atoms with Gasteiger partial charge in [0.15, 0.2) is 0 Å². The smallest absolute Gasteiger partial charge is 0.253 e. The third-order valence-corrected chi connectivity index (χ3v) is 6.72. The van der Waals surface area contributed by atoms with Crippen molar-refractivity contribution >= 4 is 27.5 Å². The maximum atomic E-state index is 12.9. The molecule has 1 fully saturated rings. The van der Waals surface area contributed by atoms with Gasteiger partial charge in [-0.25, -0.2) is 13.1 Å². The fraction of sp³-hybridized carbons (Fsp3) is 0.318. The van der Waals surface area contributed by atoms with Gasteiger partial charge in [0.2, 0.25) is 10.0 Å². The highest BCUT2D eigenvalue weighted by atomic mass is 35.5. The molecule has 160 valence electrons. The Morgan fingerprint density at radius 1 is 1.03 bits per heavy atom. The second-order valence-electron chi connectivity index (χ2n) is 7.21. The molecule has 6 nitrogen and oxygen atoms in total. The summed E-state index contributed by atoms with van der Waals surface area (Å²) in [6.07, 6.45) is 2.36. The van der Waals surface area contributed by atoms with Gasteiger partial charge in [-0.1, -0.05) is 29.8 Å². The van der Waals surface area contributed by atoms with Gasteiger partial charge < -0.3 is 4.90 Å². The number of hydrogen-bond acceptors (Lipinski definition) is 4. The maximum Gasteiger partial charge on any atom is 0.253 e. The van der Waals surface area contributed by atoms with Crippen LogP contribution in [0.4, 0.5) is 0 Å². The van der Waals surface area contributed by atoms with E-state index in [9.17, 15) is 13.2 Å². The zero-order valence-corrected chi connectivity index (χ0v) is 18.3. The highest BCUT2D eigenvalue weighted by Gasteiger charge is 2.21. The van der Waals surface area contributed by atoms with Gasteiger partial charge in [0.1, 0.15) is 0 Å². The van der Waals surface area contributed by atoms with Gasteiger partial charge in [-0.15, -0.1) is 6.58 Å². The number of sulfonamides is 1. The lowest BCUT2D eigenvalue weighted by molar-refractivity contribution is 0.0761. The van der Waals surface area contributed by atoms with Crippen LogP contribution in [0.3, 0.4) is 0 Å². The normalized spacial score (nSPS) is 15.6. The van der Waals surface area contributed by atoms with Crippen molar-refractivity contribution in [3.05, 3.63) is 77.3 Å². The van der Waals surface area contributed by atoms with E-state index in [-0.39, 0.29) is 17.3 Å². The summed E-state index contributed by atoms with van der Waals surface area (Å²) in [5.41, 5.74) is 1.69. The summed E-state index contributed by atoms with van der Waals surface area (Å²) in [4.78, 5) is 17.2. The monoisotopic (exact) mass is 447 g/mol. The number of carbonyl (C=O) groups is 1. The van der Waals surface area contributed by atoms with Crippen molar-refractivity contribution in [1.29, 1.82) is 0 Å². The number of rotatable bonds is 7. The Kier molecular flexibility index (Phi) is 7.66. The molecule has 0 aliphatic carbocycles. The average Bonchev–Trinajstić information content (AvgIpc) is 2.99. The minimum Gasteiger partial charge on any atom is -0.337 e. The van der Waals surface area contributed by atoms with Crippen molar-refractivity contribution in [2.75, 3.05) is 32.7 Å². The minimum absolute atomic E-state index is 0.0775. The van der Waals surface area contributed by atoms with E-state index in [2.05, 4.69) is 16.2 Å². The third kappa shape index (κ3) is 5.92. The molecular weight excluding hydrogens is 422 g/mol.